The first kappa shape index (κ1) is 19.3. The molecule has 0 aliphatic carbocycles. The normalized spacial score (nSPS) is 18.5. The second-order valence-electron chi connectivity index (χ2n) is 5.83. The van der Waals surface area contributed by atoms with Gasteiger partial charge in [0.05, 0.1) is 7.11 Å². The number of methoxy groups -OCH3 is 1. The molecule has 1 heterocycles. The lowest BCUT2D eigenvalue weighted by atomic mass is 10.2. The highest BCUT2D eigenvalue weighted by atomic mass is 35.5. The van der Waals surface area contributed by atoms with Crippen molar-refractivity contribution >= 4 is 51.7 Å². The molecule has 0 saturated carbocycles. The van der Waals surface area contributed by atoms with Crippen LogP contribution in [0.4, 0.5) is 11.4 Å². The van der Waals surface area contributed by atoms with Crippen LogP contribution in [-0.2, 0) is 9.59 Å². The molecular formula is C19H18ClN3O3S. The smallest absolute Gasteiger partial charge is 0.238 e. The van der Waals surface area contributed by atoms with Gasteiger partial charge in [-0.3, -0.25) is 14.5 Å². The van der Waals surface area contributed by atoms with Crippen molar-refractivity contribution in [2.75, 3.05) is 19.5 Å². The Kier molecular flexibility index (Phi) is 6.03. The molecule has 1 N–H and O–H groups in total. The lowest BCUT2D eigenvalue weighted by Gasteiger charge is -2.29. The zero-order chi connectivity index (χ0) is 19.4. The molecule has 8 heteroatoms. The fraction of sp³-hybridized carbons (Fsp3) is 0.211. The van der Waals surface area contributed by atoms with Gasteiger partial charge in [-0.05, 0) is 30.3 Å². The summed E-state index contributed by atoms with van der Waals surface area (Å²) in [7, 11) is 3.21. The van der Waals surface area contributed by atoms with Gasteiger partial charge >= 0.3 is 0 Å². The maximum Gasteiger partial charge on any atom is 0.238 e. The number of anilines is 1. The van der Waals surface area contributed by atoms with Gasteiger partial charge in [0.1, 0.15) is 16.7 Å². The van der Waals surface area contributed by atoms with Gasteiger partial charge in [-0.25, -0.2) is 4.99 Å². The number of aliphatic imine (C=N–C) groups is 1. The molecule has 0 radical (unpaired) electrons. The Bertz CT molecular complexity index is 903. The van der Waals surface area contributed by atoms with Gasteiger partial charge in [0, 0.05) is 24.2 Å². The minimum absolute atomic E-state index is 0.0957. The highest BCUT2D eigenvalue weighted by Gasteiger charge is 2.34. The summed E-state index contributed by atoms with van der Waals surface area (Å²) in [5.41, 5.74) is 1.18. The molecule has 2 aromatic rings. The second-order valence-corrected chi connectivity index (χ2v) is 7.44. The first-order chi connectivity index (χ1) is 13.0. The van der Waals surface area contributed by atoms with Crippen LogP contribution in [0.25, 0.3) is 0 Å². The Hall–Kier alpha value is -2.51. The number of rotatable bonds is 4. The van der Waals surface area contributed by atoms with Crippen LogP contribution in [0.5, 0.6) is 5.75 Å². The molecule has 1 aliphatic rings. The van der Waals surface area contributed by atoms with E-state index < -0.39 is 5.25 Å². The molecule has 0 bridgehead atoms. The fourth-order valence-electron chi connectivity index (χ4n) is 2.51. The zero-order valence-corrected chi connectivity index (χ0v) is 16.4. The second kappa shape index (κ2) is 8.45. The Labute approximate surface area is 166 Å². The monoisotopic (exact) mass is 403 g/mol. The molecule has 1 aliphatic heterocycles. The standard InChI is InChI=1S/C19H18ClN3O3S/c1-23-17(24)11-16(18(25)21-13-7-5-6-12(20)10-13)27-19(23)22-14-8-3-4-9-15(14)26-2/h3-10,16H,11H2,1-2H3,(H,21,25). The number of thioether (sulfide) groups is 1. The summed E-state index contributed by atoms with van der Waals surface area (Å²) < 4.78 is 5.30. The molecule has 1 atom stereocenters. The summed E-state index contributed by atoms with van der Waals surface area (Å²) in [6.45, 7) is 0. The van der Waals surface area contributed by atoms with Gasteiger partial charge in [-0.1, -0.05) is 41.6 Å². The van der Waals surface area contributed by atoms with E-state index in [1.54, 1.807) is 50.6 Å². The van der Waals surface area contributed by atoms with Gasteiger partial charge in [0.25, 0.3) is 0 Å². The summed E-state index contributed by atoms with van der Waals surface area (Å²) in [5.74, 6) is 0.155. The number of amidine groups is 1. The average molecular weight is 404 g/mol. The van der Waals surface area contributed by atoms with E-state index in [0.29, 0.717) is 27.3 Å². The quantitative estimate of drug-likeness (QED) is 0.839. The first-order valence-electron chi connectivity index (χ1n) is 8.19. The molecule has 1 fully saturated rings. The number of benzene rings is 2. The molecule has 0 aromatic heterocycles. The van der Waals surface area contributed by atoms with E-state index >= 15 is 0 Å². The topological polar surface area (TPSA) is 71.0 Å². The third-order valence-electron chi connectivity index (χ3n) is 3.95. The fourth-order valence-corrected chi connectivity index (χ4v) is 3.76. The van der Waals surface area contributed by atoms with Crippen molar-refractivity contribution in [2.45, 2.75) is 11.7 Å². The van der Waals surface area contributed by atoms with Crippen LogP contribution in [0.15, 0.2) is 53.5 Å². The summed E-state index contributed by atoms with van der Waals surface area (Å²) in [6.07, 6.45) is 0.0957. The molecule has 2 aromatic carbocycles. The number of hydrogen-bond acceptors (Lipinski definition) is 5. The van der Waals surface area contributed by atoms with Crippen molar-refractivity contribution in [1.29, 1.82) is 0 Å². The Morgan fingerprint density at radius 3 is 2.81 bits per heavy atom. The maximum absolute atomic E-state index is 12.6. The number of nitrogens with zero attached hydrogens (tertiary/aromatic N) is 2. The van der Waals surface area contributed by atoms with Crippen LogP contribution >= 0.6 is 23.4 Å². The molecule has 1 saturated heterocycles. The molecule has 27 heavy (non-hydrogen) atoms. The molecule has 2 amide bonds. The minimum atomic E-state index is -0.582. The third kappa shape index (κ3) is 4.61. The zero-order valence-electron chi connectivity index (χ0n) is 14.8. The highest BCUT2D eigenvalue weighted by Crippen LogP contribution is 2.32. The van der Waals surface area contributed by atoms with Gasteiger partial charge in [0.2, 0.25) is 11.8 Å². The summed E-state index contributed by atoms with van der Waals surface area (Å²) >= 11 is 7.19. The Morgan fingerprint density at radius 2 is 2.07 bits per heavy atom. The summed E-state index contributed by atoms with van der Waals surface area (Å²) in [5, 5.41) is 3.19. The molecule has 6 nitrogen and oxygen atoms in total. The number of carbonyl (C=O) groups is 2. The van der Waals surface area contributed by atoms with Gasteiger partial charge < -0.3 is 10.1 Å². The predicted octanol–water partition coefficient (Wildman–Crippen LogP) is 3.94. The first-order valence-corrected chi connectivity index (χ1v) is 9.45. The van der Waals surface area contributed by atoms with E-state index in [4.69, 9.17) is 16.3 Å². The maximum atomic E-state index is 12.6. The van der Waals surface area contributed by atoms with Crippen molar-refractivity contribution in [2.24, 2.45) is 4.99 Å². The summed E-state index contributed by atoms with van der Waals surface area (Å²) in [4.78, 5) is 31.0. The van der Waals surface area contributed by atoms with Gasteiger partial charge in [0.15, 0.2) is 5.17 Å². The largest absolute Gasteiger partial charge is 0.494 e. The number of hydrogen-bond donors (Lipinski definition) is 1. The molecule has 3 rings (SSSR count). The lowest BCUT2D eigenvalue weighted by molar-refractivity contribution is -0.128. The van der Waals surface area contributed by atoms with Crippen molar-refractivity contribution in [3.63, 3.8) is 0 Å². The van der Waals surface area contributed by atoms with Crippen molar-refractivity contribution < 1.29 is 14.3 Å². The van der Waals surface area contributed by atoms with Crippen LogP contribution in [-0.4, -0.2) is 41.3 Å². The lowest BCUT2D eigenvalue weighted by Crippen LogP contribution is -2.43. The van der Waals surface area contributed by atoms with E-state index in [2.05, 4.69) is 10.3 Å². The number of halogens is 1. The van der Waals surface area contributed by atoms with E-state index in [0.717, 1.165) is 0 Å². The molecular weight excluding hydrogens is 386 g/mol. The Balaban J connectivity index is 1.81. The van der Waals surface area contributed by atoms with E-state index in [9.17, 15) is 9.59 Å². The van der Waals surface area contributed by atoms with Gasteiger partial charge in [-0.15, -0.1) is 0 Å². The van der Waals surface area contributed by atoms with Crippen molar-refractivity contribution in [3.8, 4) is 5.75 Å². The van der Waals surface area contributed by atoms with E-state index in [1.165, 1.54) is 16.7 Å². The Morgan fingerprint density at radius 1 is 1.30 bits per heavy atom. The minimum Gasteiger partial charge on any atom is -0.494 e. The molecule has 1 unspecified atom stereocenters. The number of ether oxygens (including phenoxy) is 1. The SMILES string of the molecule is COc1ccccc1N=C1SC(C(=O)Nc2cccc(Cl)c2)CC(=O)N1C. The van der Waals surface area contributed by atoms with Gasteiger partial charge in [-0.2, -0.15) is 0 Å². The van der Waals surface area contributed by atoms with E-state index in [1.807, 2.05) is 12.1 Å². The van der Waals surface area contributed by atoms with Crippen LogP contribution < -0.4 is 10.1 Å². The van der Waals surface area contributed by atoms with Crippen LogP contribution in [0.2, 0.25) is 5.02 Å². The van der Waals surface area contributed by atoms with Crippen molar-refractivity contribution in [1.82, 2.24) is 4.90 Å². The van der Waals surface area contributed by atoms with E-state index in [-0.39, 0.29) is 18.2 Å². The van der Waals surface area contributed by atoms with Crippen molar-refractivity contribution in [3.05, 3.63) is 53.6 Å². The highest BCUT2D eigenvalue weighted by molar-refractivity contribution is 8.15. The summed E-state index contributed by atoms with van der Waals surface area (Å²) in [6, 6.07) is 14.1. The number of carbonyl (C=O) groups excluding carboxylic acids is 2. The predicted molar refractivity (Wildman–Crippen MR) is 109 cm³/mol. The number of amides is 2. The average Bonchev–Trinajstić information content (AvgIpc) is 2.65. The molecule has 140 valence electrons. The number of nitrogens with one attached hydrogen (secondary N) is 1. The van der Waals surface area contributed by atoms with Crippen LogP contribution in [0, 0.1) is 0 Å². The third-order valence-corrected chi connectivity index (χ3v) is 5.43. The van der Waals surface area contributed by atoms with Crippen LogP contribution in [0.1, 0.15) is 6.42 Å². The molecule has 0 spiro atoms. The van der Waals surface area contributed by atoms with Crippen LogP contribution in [0.3, 0.4) is 0 Å². The number of para-hydroxylation sites is 2.